The molecular formula is C18H25BrO2. The predicted molar refractivity (Wildman–Crippen MR) is 89.5 cm³/mol. The monoisotopic (exact) mass is 352 g/mol. The molecule has 3 rings (SSSR count). The van der Waals surface area contributed by atoms with Crippen molar-refractivity contribution in [2.45, 2.75) is 50.8 Å². The molecular weight excluding hydrogens is 328 g/mol. The summed E-state index contributed by atoms with van der Waals surface area (Å²) in [5, 5.41) is 0. The Hall–Kier alpha value is -0.700. The van der Waals surface area contributed by atoms with Gasteiger partial charge in [-0.25, -0.2) is 0 Å². The molecule has 0 saturated heterocycles. The van der Waals surface area contributed by atoms with E-state index in [1.807, 2.05) is 0 Å². The molecule has 21 heavy (non-hydrogen) atoms. The van der Waals surface area contributed by atoms with Crippen LogP contribution in [0.5, 0.6) is 11.5 Å². The lowest BCUT2D eigenvalue weighted by Gasteiger charge is -2.36. The minimum Gasteiger partial charge on any atom is -0.486 e. The normalized spacial score (nSPS) is 21.5. The van der Waals surface area contributed by atoms with Gasteiger partial charge in [0.1, 0.15) is 13.2 Å². The molecule has 1 aliphatic carbocycles. The molecule has 116 valence electrons. The van der Waals surface area contributed by atoms with Gasteiger partial charge in [-0.05, 0) is 48.3 Å². The first-order chi connectivity index (χ1) is 10.1. The highest BCUT2D eigenvalue weighted by atomic mass is 79.9. The van der Waals surface area contributed by atoms with Crippen LogP contribution in [0.2, 0.25) is 0 Å². The number of fused-ring (bicyclic) bond motifs is 1. The molecule has 2 nitrogen and oxygen atoms in total. The molecule has 1 aromatic rings. The predicted octanol–water partition coefficient (Wildman–Crippen LogP) is 5.50. The summed E-state index contributed by atoms with van der Waals surface area (Å²) in [6.07, 6.45) is 6.67. The lowest BCUT2D eigenvalue weighted by atomic mass is 9.74. The fourth-order valence-electron chi connectivity index (χ4n) is 4.02. The van der Waals surface area contributed by atoms with E-state index in [4.69, 9.17) is 9.47 Å². The van der Waals surface area contributed by atoms with Crippen molar-refractivity contribution in [1.29, 1.82) is 0 Å². The zero-order chi connectivity index (χ0) is 14.9. The molecule has 2 aliphatic rings. The Kier molecular flexibility index (Phi) is 4.49. The van der Waals surface area contributed by atoms with Crippen molar-refractivity contribution in [2.75, 3.05) is 13.2 Å². The van der Waals surface area contributed by atoms with Crippen molar-refractivity contribution >= 4 is 15.9 Å². The zero-order valence-electron chi connectivity index (χ0n) is 13.0. The van der Waals surface area contributed by atoms with Crippen LogP contribution in [-0.2, 0) is 0 Å². The standard InChI is InChI=1S/C18H25BrO2/c1-13(2)12-18(7-3-4-8-18)17(19)14-5-6-15-16(11-14)21-10-9-20-15/h5-6,11,13,17H,3-4,7-10,12H2,1-2H3. The first-order valence-electron chi connectivity index (χ1n) is 8.14. The van der Waals surface area contributed by atoms with Crippen LogP contribution in [0.25, 0.3) is 0 Å². The van der Waals surface area contributed by atoms with Crippen molar-refractivity contribution in [2.24, 2.45) is 11.3 Å². The molecule has 0 N–H and O–H groups in total. The van der Waals surface area contributed by atoms with Crippen molar-refractivity contribution in [3.05, 3.63) is 23.8 Å². The summed E-state index contributed by atoms with van der Waals surface area (Å²) in [6.45, 7) is 5.98. The molecule has 1 unspecified atom stereocenters. The SMILES string of the molecule is CC(C)CC1(C(Br)c2ccc3c(c2)OCCO3)CCCC1. The van der Waals surface area contributed by atoms with E-state index in [1.165, 1.54) is 37.7 Å². The van der Waals surface area contributed by atoms with Gasteiger partial charge in [0.25, 0.3) is 0 Å². The molecule has 0 aromatic heterocycles. The molecule has 1 saturated carbocycles. The second-order valence-electron chi connectivity index (χ2n) is 6.93. The van der Waals surface area contributed by atoms with Crippen molar-refractivity contribution in [1.82, 2.24) is 0 Å². The van der Waals surface area contributed by atoms with Gasteiger partial charge in [-0.3, -0.25) is 0 Å². The summed E-state index contributed by atoms with van der Waals surface area (Å²) in [5.74, 6) is 2.52. The summed E-state index contributed by atoms with van der Waals surface area (Å²) in [5.41, 5.74) is 1.74. The molecule has 3 heteroatoms. The topological polar surface area (TPSA) is 18.5 Å². The highest BCUT2D eigenvalue weighted by Crippen LogP contribution is 2.56. The fourth-order valence-corrected chi connectivity index (χ4v) is 4.95. The first kappa shape index (κ1) is 15.2. The number of benzene rings is 1. The number of hydrogen-bond donors (Lipinski definition) is 0. The highest BCUT2D eigenvalue weighted by molar-refractivity contribution is 9.09. The highest BCUT2D eigenvalue weighted by Gasteiger charge is 2.41. The fraction of sp³-hybridized carbons (Fsp3) is 0.667. The molecule has 1 atom stereocenters. The van der Waals surface area contributed by atoms with Crippen molar-refractivity contribution in [3.8, 4) is 11.5 Å². The second kappa shape index (κ2) is 6.20. The van der Waals surface area contributed by atoms with Crippen LogP contribution in [0, 0.1) is 11.3 Å². The average Bonchev–Trinajstić information content (AvgIpc) is 2.95. The van der Waals surface area contributed by atoms with E-state index >= 15 is 0 Å². The number of hydrogen-bond acceptors (Lipinski definition) is 2. The van der Waals surface area contributed by atoms with Crippen LogP contribution in [0.15, 0.2) is 18.2 Å². The van der Waals surface area contributed by atoms with Crippen LogP contribution in [0.1, 0.15) is 56.3 Å². The largest absolute Gasteiger partial charge is 0.486 e. The van der Waals surface area contributed by atoms with Gasteiger partial charge in [0, 0.05) is 4.83 Å². The van der Waals surface area contributed by atoms with Gasteiger partial charge in [0.15, 0.2) is 11.5 Å². The van der Waals surface area contributed by atoms with Crippen molar-refractivity contribution in [3.63, 3.8) is 0 Å². The summed E-state index contributed by atoms with van der Waals surface area (Å²) in [6, 6.07) is 6.44. The second-order valence-corrected chi connectivity index (χ2v) is 7.85. The van der Waals surface area contributed by atoms with E-state index in [2.05, 4.69) is 48.0 Å². The van der Waals surface area contributed by atoms with Gasteiger partial charge >= 0.3 is 0 Å². The van der Waals surface area contributed by atoms with Crippen LogP contribution in [0.3, 0.4) is 0 Å². The smallest absolute Gasteiger partial charge is 0.161 e. The lowest BCUT2D eigenvalue weighted by molar-refractivity contribution is 0.171. The minimum atomic E-state index is 0.401. The van der Waals surface area contributed by atoms with E-state index in [-0.39, 0.29) is 0 Å². The molecule has 1 heterocycles. The van der Waals surface area contributed by atoms with Crippen LogP contribution < -0.4 is 9.47 Å². The molecule has 0 radical (unpaired) electrons. The lowest BCUT2D eigenvalue weighted by Crippen LogP contribution is -2.24. The molecule has 0 spiro atoms. The Morgan fingerprint density at radius 2 is 1.76 bits per heavy atom. The van der Waals surface area contributed by atoms with E-state index < -0.39 is 0 Å². The van der Waals surface area contributed by atoms with Gasteiger partial charge in [-0.1, -0.05) is 48.7 Å². The van der Waals surface area contributed by atoms with Crippen LogP contribution in [0.4, 0.5) is 0 Å². The number of halogens is 1. The third-order valence-electron chi connectivity index (χ3n) is 4.81. The Labute approximate surface area is 136 Å². The van der Waals surface area contributed by atoms with Crippen LogP contribution in [-0.4, -0.2) is 13.2 Å². The summed E-state index contributed by atoms with van der Waals surface area (Å²) in [4.78, 5) is 0.408. The van der Waals surface area contributed by atoms with E-state index in [0.29, 0.717) is 23.5 Å². The van der Waals surface area contributed by atoms with Crippen LogP contribution >= 0.6 is 15.9 Å². The Bertz CT molecular complexity index is 492. The summed E-state index contributed by atoms with van der Waals surface area (Å²) < 4.78 is 11.4. The Morgan fingerprint density at radius 3 is 2.43 bits per heavy atom. The molecule has 1 fully saturated rings. The molecule has 1 aliphatic heterocycles. The number of alkyl halides is 1. The van der Waals surface area contributed by atoms with Gasteiger partial charge < -0.3 is 9.47 Å². The molecule has 0 amide bonds. The Morgan fingerprint density at radius 1 is 1.10 bits per heavy atom. The van der Waals surface area contributed by atoms with Crippen molar-refractivity contribution < 1.29 is 9.47 Å². The number of ether oxygens (including phenoxy) is 2. The maximum atomic E-state index is 5.75. The molecule has 1 aromatic carbocycles. The van der Waals surface area contributed by atoms with Gasteiger partial charge in [-0.2, -0.15) is 0 Å². The third-order valence-corrected chi connectivity index (χ3v) is 6.31. The number of rotatable bonds is 4. The first-order valence-corrected chi connectivity index (χ1v) is 9.06. The quantitative estimate of drug-likeness (QED) is 0.666. The summed E-state index contributed by atoms with van der Waals surface area (Å²) in [7, 11) is 0. The average molecular weight is 353 g/mol. The van der Waals surface area contributed by atoms with E-state index in [0.717, 1.165) is 17.4 Å². The minimum absolute atomic E-state index is 0.401. The maximum absolute atomic E-state index is 5.75. The van der Waals surface area contributed by atoms with Gasteiger partial charge in [0.05, 0.1) is 0 Å². The van der Waals surface area contributed by atoms with E-state index in [9.17, 15) is 0 Å². The van der Waals surface area contributed by atoms with Gasteiger partial charge in [-0.15, -0.1) is 0 Å². The maximum Gasteiger partial charge on any atom is 0.161 e. The molecule has 0 bridgehead atoms. The van der Waals surface area contributed by atoms with Gasteiger partial charge in [0.2, 0.25) is 0 Å². The van der Waals surface area contributed by atoms with E-state index in [1.54, 1.807) is 0 Å². The Balaban J connectivity index is 1.87. The summed E-state index contributed by atoms with van der Waals surface area (Å²) >= 11 is 4.03. The third kappa shape index (κ3) is 3.08. The zero-order valence-corrected chi connectivity index (χ0v) is 14.6.